The Kier molecular flexibility index (Phi) is 5.26. The average molecular weight is 277 g/mol. The normalized spacial score (nSPS) is 25.9. The van der Waals surface area contributed by atoms with E-state index in [1.165, 1.54) is 0 Å². The van der Waals surface area contributed by atoms with Crippen molar-refractivity contribution >= 4 is 12.2 Å². The predicted octanol–water partition coefficient (Wildman–Crippen LogP) is 1.06. The Balaban J connectivity index is 1.81. The molecule has 1 N–H and O–H groups in total. The van der Waals surface area contributed by atoms with Crippen LogP contribution in [-0.4, -0.2) is 37.2 Å². The van der Waals surface area contributed by atoms with Gasteiger partial charge in [-0.25, -0.2) is 0 Å². The molecular formula is C15H19NO4. The molecule has 1 aliphatic rings. The highest BCUT2D eigenvalue weighted by Gasteiger charge is 2.29. The maximum Gasteiger partial charge on any atom is 0.224 e. The molecule has 0 saturated carbocycles. The second-order valence-corrected chi connectivity index (χ2v) is 4.84. The van der Waals surface area contributed by atoms with E-state index in [-0.39, 0.29) is 24.5 Å². The van der Waals surface area contributed by atoms with Crippen molar-refractivity contribution in [2.45, 2.75) is 38.2 Å². The van der Waals surface area contributed by atoms with Crippen LogP contribution >= 0.6 is 0 Å². The number of benzene rings is 1. The van der Waals surface area contributed by atoms with E-state index >= 15 is 0 Å². The molecule has 0 aliphatic carbocycles. The van der Waals surface area contributed by atoms with Crippen molar-refractivity contribution in [2.75, 3.05) is 6.61 Å². The Labute approximate surface area is 118 Å². The maximum atomic E-state index is 12.0. The van der Waals surface area contributed by atoms with Crippen LogP contribution in [0.25, 0.3) is 0 Å². The van der Waals surface area contributed by atoms with Gasteiger partial charge in [0.1, 0.15) is 6.29 Å². The standard InChI is InChI=1S/C15H19NO4/c1-11-13(10-19-15(20-11)7-8-17)16-14(18)9-12-5-3-2-4-6-12/h2-6,8,11,13,15H,7,9-10H2,1H3,(H,16,18)/t11-,13-,15+/m1/s1. The average Bonchev–Trinajstić information content (AvgIpc) is 2.43. The molecule has 1 aromatic rings. The van der Waals surface area contributed by atoms with Gasteiger partial charge in [-0.05, 0) is 12.5 Å². The lowest BCUT2D eigenvalue weighted by atomic mass is 10.1. The van der Waals surface area contributed by atoms with Crippen LogP contribution in [0, 0.1) is 0 Å². The first-order chi connectivity index (χ1) is 9.69. The Hall–Kier alpha value is -1.72. The van der Waals surface area contributed by atoms with Gasteiger partial charge < -0.3 is 19.6 Å². The predicted molar refractivity (Wildman–Crippen MR) is 73.0 cm³/mol. The first kappa shape index (κ1) is 14.7. The number of nitrogens with one attached hydrogen (secondary N) is 1. The highest BCUT2D eigenvalue weighted by atomic mass is 16.7. The summed E-state index contributed by atoms with van der Waals surface area (Å²) in [6, 6.07) is 9.37. The lowest BCUT2D eigenvalue weighted by Gasteiger charge is -2.34. The summed E-state index contributed by atoms with van der Waals surface area (Å²) in [6.45, 7) is 2.23. The Morgan fingerprint density at radius 2 is 2.15 bits per heavy atom. The highest BCUT2D eigenvalue weighted by molar-refractivity contribution is 5.78. The van der Waals surface area contributed by atoms with Gasteiger partial charge in [-0.1, -0.05) is 30.3 Å². The van der Waals surface area contributed by atoms with Crippen molar-refractivity contribution < 1.29 is 19.1 Å². The number of hydrogen-bond donors (Lipinski definition) is 1. The van der Waals surface area contributed by atoms with Gasteiger partial charge in [0.25, 0.3) is 0 Å². The third-order valence-corrected chi connectivity index (χ3v) is 3.24. The van der Waals surface area contributed by atoms with E-state index in [1.54, 1.807) is 0 Å². The smallest absolute Gasteiger partial charge is 0.224 e. The fourth-order valence-electron chi connectivity index (χ4n) is 2.12. The topological polar surface area (TPSA) is 64.6 Å². The zero-order chi connectivity index (χ0) is 14.4. The van der Waals surface area contributed by atoms with E-state index in [4.69, 9.17) is 9.47 Å². The molecule has 1 saturated heterocycles. The van der Waals surface area contributed by atoms with Crippen LogP contribution in [0.2, 0.25) is 0 Å². The summed E-state index contributed by atoms with van der Waals surface area (Å²) in [4.78, 5) is 22.4. The molecule has 5 nitrogen and oxygen atoms in total. The summed E-state index contributed by atoms with van der Waals surface area (Å²) in [7, 11) is 0. The molecule has 0 radical (unpaired) electrons. The third kappa shape index (κ3) is 4.15. The number of rotatable bonds is 5. The SMILES string of the molecule is C[C@H]1O[C@@H](CC=O)OC[C@H]1NC(=O)Cc1ccccc1. The first-order valence-electron chi connectivity index (χ1n) is 6.73. The molecule has 108 valence electrons. The summed E-state index contributed by atoms with van der Waals surface area (Å²) in [6.07, 6.45) is 0.654. The molecule has 0 bridgehead atoms. The Bertz CT molecular complexity index is 448. The number of carbonyl (C=O) groups is 2. The number of ether oxygens (including phenoxy) is 2. The third-order valence-electron chi connectivity index (χ3n) is 3.24. The van der Waals surface area contributed by atoms with Crippen molar-refractivity contribution in [3.63, 3.8) is 0 Å². The van der Waals surface area contributed by atoms with E-state index in [0.717, 1.165) is 11.8 Å². The molecule has 0 aromatic heterocycles. The second kappa shape index (κ2) is 7.17. The van der Waals surface area contributed by atoms with Crippen molar-refractivity contribution in [3.8, 4) is 0 Å². The molecule has 3 atom stereocenters. The van der Waals surface area contributed by atoms with E-state index in [0.29, 0.717) is 13.0 Å². The molecule has 20 heavy (non-hydrogen) atoms. The van der Waals surface area contributed by atoms with Gasteiger partial charge in [0.2, 0.25) is 5.91 Å². The van der Waals surface area contributed by atoms with Gasteiger partial charge in [0.05, 0.1) is 31.6 Å². The summed E-state index contributed by atoms with van der Waals surface area (Å²) in [5, 5.41) is 2.90. The minimum Gasteiger partial charge on any atom is -0.350 e. The zero-order valence-corrected chi connectivity index (χ0v) is 11.5. The fraction of sp³-hybridized carbons (Fsp3) is 0.467. The lowest BCUT2D eigenvalue weighted by molar-refractivity contribution is -0.219. The minimum atomic E-state index is -0.496. The van der Waals surface area contributed by atoms with Gasteiger partial charge in [-0.2, -0.15) is 0 Å². The summed E-state index contributed by atoms with van der Waals surface area (Å²) >= 11 is 0. The molecular weight excluding hydrogens is 258 g/mol. The number of hydrogen-bond acceptors (Lipinski definition) is 4. The Morgan fingerprint density at radius 3 is 2.80 bits per heavy atom. The molecule has 1 amide bonds. The van der Waals surface area contributed by atoms with Crippen molar-refractivity contribution in [1.29, 1.82) is 0 Å². The van der Waals surface area contributed by atoms with Crippen LogP contribution in [0.3, 0.4) is 0 Å². The Morgan fingerprint density at radius 1 is 1.40 bits per heavy atom. The monoisotopic (exact) mass is 277 g/mol. The lowest BCUT2D eigenvalue weighted by Crippen LogP contribution is -2.52. The van der Waals surface area contributed by atoms with E-state index < -0.39 is 6.29 Å². The van der Waals surface area contributed by atoms with Crippen LogP contribution in [-0.2, 0) is 25.5 Å². The van der Waals surface area contributed by atoms with Crippen LogP contribution in [0.15, 0.2) is 30.3 Å². The molecule has 0 spiro atoms. The van der Waals surface area contributed by atoms with E-state index in [1.807, 2.05) is 37.3 Å². The molecule has 1 fully saturated rings. The van der Waals surface area contributed by atoms with Crippen LogP contribution < -0.4 is 5.32 Å². The summed E-state index contributed by atoms with van der Waals surface area (Å²) in [5.74, 6) is -0.0610. The van der Waals surface area contributed by atoms with Crippen molar-refractivity contribution in [1.82, 2.24) is 5.32 Å². The van der Waals surface area contributed by atoms with Gasteiger partial charge in [-0.15, -0.1) is 0 Å². The fourth-order valence-corrected chi connectivity index (χ4v) is 2.12. The van der Waals surface area contributed by atoms with Gasteiger partial charge in [0, 0.05) is 0 Å². The van der Waals surface area contributed by atoms with Crippen molar-refractivity contribution in [2.24, 2.45) is 0 Å². The van der Waals surface area contributed by atoms with Crippen molar-refractivity contribution in [3.05, 3.63) is 35.9 Å². The minimum absolute atomic E-state index is 0.0610. The van der Waals surface area contributed by atoms with Gasteiger partial charge in [-0.3, -0.25) is 4.79 Å². The zero-order valence-electron chi connectivity index (χ0n) is 11.5. The molecule has 1 aliphatic heterocycles. The number of aldehydes is 1. The highest BCUT2D eigenvalue weighted by Crippen LogP contribution is 2.14. The van der Waals surface area contributed by atoms with Crippen LogP contribution in [0.1, 0.15) is 18.9 Å². The summed E-state index contributed by atoms with van der Waals surface area (Å²) < 4.78 is 10.9. The van der Waals surface area contributed by atoms with Gasteiger partial charge in [0.15, 0.2) is 6.29 Å². The van der Waals surface area contributed by atoms with E-state index in [9.17, 15) is 9.59 Å². The largest absolute Gasteiger partial charge is 0.350 e. The van der Waals surface area contributed by atoms with E-state index in [2.05, 4.69) is 5.32 Å². The quantitative estimate of drug-likeness (QED) is 0.818. The van der Waals surface area contributed by atoms with Gasteiger partial charge >= 0.3 is 0 Å². The molecule has 1 heterocycles. The maximum absolute atomic E-state index is 12.0. The molecule has 5 heteroatoms. The second-order valence-electron chi connectivity index (χ2n) is 4.84. The first-order valence-corrected chi connectivity index (χ1v) is 6.73. The van der Waals surface area contributed by atoms with Crippen LogP contribution in [0.5, 0.6) is 0 Å². The molecule has 2 rings (SSSR count). The molecule has 1 aromatic carbocycles. The summed E-state index contributed by atoms with van der Waals surface area (Å²) in [5.41, 5.74) is 0.967. The van der Waals surface area contributed by atoms with Crippen LogP contribution in [0.4, 0.5) is 0 Å². The number of carbonyl (C=O) groups excluding carboxylic acids is 2. The number of amides is 1. The molecule has 0 unspecified atom stereocenters.